The first kappa shape index (κ1) is 18.2. The fraction of sp³-hybridized carbons (Fsp3) is 0.261. The van der Waals surface area contributed by atoms with Gasteiger partial charge in [0.2, 0.25) is 0 Å². The molecule has 0 radical (unpaired) electrons. The van der Waals surface area contributed by atoms with Gasteiger partial charge in [-0.1, -0.05) is 36.4 Å². The molecule has 0 fully saturated rings. The predicted molar refractivity (Wildman–Crippen MR) is 111 cm³/mol. The Balaban J connectivity index is 1.74. The number of carbonyl (C=O) groups is 1. The van der Waals surface area contributed by atoms with Gasteiger partial charge in [-0.15, -0.1) is 0 Å². The molecule has 1 aliphatic heterocycles. The monoisotopic (exact) mass is 375 g/mol. The molecule has 5 nitrogen and oxygen atoms in total. The molecule has 1 unspecified atom stereocenters. The number of aryl methyl sites for hydroxylation is 2. The molecule has 3 aromatic rings. The minimum atomic E-state index is -0.204. The van der Waals surface area contributed by atoms with Crippen LogP contribution in [0.25, 0.3) is 0 Å². The molecule has 28 heavy (non-hydrogen) atoms. The minimum Gasteiger partial charge on any atom is -0.496 e. The van der Waals surface area contributed by atoms with E-state index in [1.165, 1.54) is 0 Å². The van der Waals surface area contributed by atoms with Gasteiger partial charge >= 0.3 is 6.03 Å². The third-order valence-electron chi connectivity index (χ3n) is 5.45. The van der Waals surface area contributed by atoms with Gasteiger partial charge in [0, 0.05) is 36.2 Å². The van der Waals surface area contributed by atoms with E-state index in [1.807, 2.05) is 67.3 Å². The summed E-state index contributed by atoms with van der Waals surface area (Å²) in [6, 6.07) is 17.8. The normalized spacial score (nSPS) is 15.8. The maximum absolute atomic E-state index is 13.4. The van der Waals surface area contributed by atoms with E-state index in [0.29, 0.717) is 6.54 Å². The maximum atomic E-state index is 13.4. The Hall–Kier alpha value is -3.21. The molecule has 1 N–H and O–H groups in total. The van der Waals surface area contributed by atoms with Gasteiger partial charge in [0.1, 0.15) is 11.8 Å². The van der Waals surface area contributed by atoms with Crippen LogP contribution in [-0.2, 0) is 6.54 Å². The van der Waals surface area contributed by atoms with Crippen LogP contribution in [0.1, 0.15) is 28.4 Å². The number of amides is 2. The second-order valence-corrected chi connectivity index (χ2v) is 7.16. The van der Waals surface area contributed by atoms with Crippen molar-refractivity contribution in [2.75, 3.05) is 19.0 Å². The third kappa shape index (κ3) is 3.13. The van der Waals surface area contributed by atoms with Crippen molar-refractivity contribution in [2.24, 2.45) is 0 Å². The van der Waals surface area contributed by atoms with Crippen LogP contribution >= 0.6 is 0 Å². The first-order chi connectivity index (χ1) is 13.6. The summed E-state index contributed by atoms with van der Waals surface area (Å²) < 4.78 is 7.82. The van der Waals surface area contributed by atoms with E-state index in [-0.39, 0.29) is 12.1 Å². The zero-order valence-corrected chi connectivity index (χ0v) is 16.5. The number of hydrogen-bond acceptors (Lipinski definition) is 2. The van der Waals surface area contributed by atoms with E-state index < -0.39 is 0 Å². The van der Waals surface area contributed by atoms with Crippen LogP contribution in [0, 0.1) is 13.8 Å². The number of rotatable bonds is 3. The number of urea groups is 1. The number of aromatic nitrogens is 1. The molecule has 2 heterocycles. The minimum absolute atomic E-state index is 0.0965. The van der Waals surface area contributed by atoms with Crippen molar-refractivity contribution in [3.8, 4) is 5.75 Å². The van der Waals surface area contributed by atoms with E-state index in [0.717, 1.165) is 40.4 Å². The van der Waals surface area contributed by atoms with Crippen LogP contribution in [0.3, 0.4) is 0 Å². The number of fused-ring (bicyclic) bond motifs is 1. The van der Waals surface area contributed by atoms with Gasteiger partial charge in [-0.05, 0) is 43.2 Å². The highest BCUT2D eigenvalue weighted by Gasteiger charge is 2.34. The highest BCUT2D eigenvalue weighted by atomic mass is 16.5. The lowest BCUT2D eigenvalue weighted by Gasteiger charge is -2.38. The van der Waals surface area contributed by atoms with E-state index >= 15 is 0 Å². The van der Waals surface area contributed by atoms with Crippen LogP contribution in [0.4, 0.5) is 10.5 Å². The highest BCUT2D eigenvalue weighted by Crippen LogP contribution is 2.37. The Morgan fingerprint density at radius 1 is 1.00 bits per heavy atom. The summed E-state index contributed by atoms with van der Waals surface area (Å²) in [4.78, 5) is 15.3. The molecule has 0 saturated heterocycles. The topological polar surface area (TPSA) is 46.5 Å². The lowest BCUT2D eigenvalue weighted by Crippen LogP contribution is -2.44. The zero-order chi connectivity index (χ0) is 19.7. The lowest BCUT2D eigenvalue weighted by atomic mass is 9.99. The number of anilines is 1. The molecule has 4 rings (SSSR count). The average Bonchev–Trinajstić information content (AvgIpc) is 3.19. The Morgan fingerprint density at radius 2 is 1.75 bits per heavy atom. The summed E-state index contributed by atoms with van der Waals surface area (Å²) >= 11 is 0. The van der Waals surface area contributed by atoms with E-state index in [1.54, 1.807) is 7.11 Å². The van der Waals surface area contributed by atoms with Gasteiger partial charge in [-0.3, -0.25) is 0 Å². The van der Waals surface area contributed by atoms with Crippen molar-refractivity contribution in [1.29, 1.82) is 0 Å². The van der Waals surface area contributed by atoms with E-state index in [4.69, 9.17) is 4.74 Å². The first-order valence-corrected chi connectivity index (χ1v) is 9.52. The molecular weight excluding hydrogens is 350 g/mol. The van der Waals surface area contributed by atoms with Gasteiger partial charge in [0.25, 0.3) is 0 Å². The van der Waals surface area contributed by atoms with E-state index in [2.05, 4.69) is 22.1 Å². The number of methoxy groups -OCH3 is 1. The van der Waals surface area contributed by atoms with Gasteiger partial charge in [0.05, 0.1) is 7.11 Å². The van der Waals surface area contributed by atoms with Gasteiger partial charge in [-0.2, -0.15) is 0 Å². The molecule has 0 spiro atoms. The SMILES string of the molecule is COc1ccccc1C1c2cccn2CCN1C(=O)Nc1c(C)cccc1C. The van der Waals surface area contributed by atoms with Gasteiger partial charge in [-0.25, -0.2) is 4.79 Å². The molecule has 1 aromatic heterocycles. The van der Waals surface area contributed by atoms with Crippen molar-refractivity contribution in [3.63, 3.8) is 0 Å². The summed E-state index contributed by atoms with van der Waals surface area (Å²) in [5.74, 6) is 0.784. The summed E-state index contributed by atoms with van der Waals surface area (Å²) in [5.41, 5.74) is 5.08. The summed E-state index contributed by atoms with van der Waals surface area (Å²) in [7, 11) is 1.67. The molecule has 0 bridgehead atoms. The Morgan fingerprint density at radius 3 is 2.50 bits per heavy atom. The number of para-hydroxylation sites is 2. The number of carbonyl (C=O) groups excluding carboxylic acids is 1. The number of nitrogens with zero attached hydrogens (tertiary/aromatic N) is 2. The summed E-state index contributed by atoms with van der Waals surface area (Å²) in [6.45, 7) is 5.43. The number of nitrogens with one attached hydrogen (secondary N) is 1. The second-order valence-electron chi connectivity index (χ2n) is 7.16. The van der Waals surface area contributed by atoms with Crippen LogP contribution in [0.2, 0.25) is 0 Å². The standard InChI is InChI=1S/C23H25N3O2/c1-16-8-6-9-17(2)21(16)24-23(27)26-15-14-25-13-7-11-19(25)22(26)18-10-4-5-12-20(18)28-3/h4-13,22H,14-15H2,1-3H3,(H,24,27). The molecular formula is C23H25N3O2. The molecule has 2 aromatic carbocycles. The first-order valence-electron chi connectivity index (χ1n) is 9.52. The van der Waals surface area contributed by atoms with Crippen molar-refractivity contribution in [3.05, 3.63) is 83.2 Å². The number of ether oxygens (including phenoxy) is 1. The molecule has 1 aliphatic rings. The third-order valence-corrected chi connectivity index (χ3v) is 5.45. The lowest BCUT2D eigenvalue weighted by molar-refractivity contribution is 0.180. The van der Waals surface area contributed by atoms with Crippen molar-refractivity contribution >= 4 is 11.7 Å². The van der Waals surface area contributed by atoms with Crippen molar-refractivity contribution in [1.82, 2.24) is 9.47 Å². The molecule has 2 amide bonds. The fourth-order valence-corrected chi connectivity index (χ4v) is 4.01. The van der Waals surface area contributed by atoms with Crippen LogP contribution in [0.5, 0.6) is 5.75 Å². The average molecular weight is 375 g/mol. The largest absolute Gasteiger partial charge is 0.496 e. The molecule has 1 atom stereocenters. The number of hydrogen-bond donors (Lipinski definition) is 1. The van der Waals surface area contributed by atoms with Crippen molar-refractivity contribution < 1.29 is 9.53 Å². The van der Waals surface area contributed by atoms with Gasteiger partial charge in [0.15, 0.2) is 0 Å². The summed E-state index contributed by atoms with van der Waals surface area (Å²) in [5, 5.41) is 3.15. The number of benzene rings is 2. The predicted octanol–water partition coefficient (Wildman–Crippen LogP) is 4.75. The van der Waals surface area contributed by atoms with E-state index in [9.17, 15) is 4.79 Å². The van der Waals surface area contributed by atoms with Gasteiger partial charge < -0.3 is 19.5 Å². The quantitative estimate of drug-likeness (QED) is 0.718. The Bertz CT molecular complexity index is 988. The smallest absolute Gasteiger partial charge is 0.322 e. The van der Waals surface area contributed by atoms with Crippen LogP contribution in [-0.4, -0.2) is 29.2 Å². The maximum Gasteiger partial charge on any atom is 0.322 e. The molecule has 0 aliphatic carbocycles. The molecule has 5 heteroatoms. The fourth-order valence-electron chi connectivity index (χ4n) is 4.01. The Labute approximate surface area is 165 Å². The Kier molecular flexibility index (Phi) is 4.82. The summed E-state index contributed by atoms with van der Waals surface area (Å²) in [6.07, 6.45) is 2.07. The van der Waals surface area contributed by atoms with Crippen LogP contribution < -0.4 is 10.1 Å². The molecule has 144 valence electrons. The molecule has 0 saturated carbocycles. The second kappa shape index (κ2) is 7.43. The van der Waals surface area contributed by atoms with Crippen molar-refractivity contribution in [2.45, 2.75) is 26.4 Å². The van der Waals surface area contributed by atoms with Crippen LogP contribution in [0.15, 0.2) is 60.8 Å². The highest BCUT2D eigenvalue weighted by molar-refractivity contribution is 5.91. The zero-order valence-electron chi connectivity index (χ0n) is 16.5.